The fourth-order valence-corrected chi connectivity index (χ4v) is 1.60. The van der Waals surface area contributed by atoms with E-state index < -0.39 is 17.9 Å². The molecule has 1 amide bonds. The summed E-state index contributed by atoms with van der Waals surface area (Å²) in [5.41, 5.74) is 6.31. The fraction of sp³-hybridized carbons (Fsp3) is 0.200. The number of rotatable bonds is 3. The molecule has 0 aliphatic rings. The van der Waals surface area contributed by atoms with E-state index in [1.165, 1.54) is 13.0 Å². The number of carbonyl (C=O) groups is 2. The van der Waals surface area contributed by atoms with Crippen LogP contribution in [-0.2, 0) is 4.79 Å². The van der Waals surface area contributed by atoms with E-state index in [0.717, 1.165) is 0 Å². The summed E-state index contributed by atoms with van der Waals surface area (Å²) in [7, 11) is 0. The number of hydrogen-bond donors (Lipinski definition) is 3. The summed E-state index contributed by atoms with van der Waals surface area (Å²) in [6.45, 7) is 1.39. The molecule has 0 aromatic heterocycles. The average molecular weight is 287 g/mol. The molecule has 0 bridgehead atoms. The lowest BCUT2D eigenvalue weighted by atomic mass is 10.2. The van der Waals surface area contributed by atoms with Gasteiger partial charge in [-0.05, 0) is 25.1 Å². The van der Waals surface area contributed by atoms with E-state index in [4.69, 9.17) is 10.8 Å². The number of halogens is 1. The van der Waals surface area contributed by atoms with E-state index in [2.05, 4.69) is 21.2 Å². The Morgan fingerprint density at radius 2 is 2.06 bits per heavy atom. The maximum atomic E-state index is 11.6. The number of amides is 1. The van der Waals surface area contributed by atoms with Gasteiger partial charge in [-0.2, -0.15) is 0 Å². The first-order chi connectivity index (χ1) is 7.40. The number of aliphatic carboxylic acids is 1. The van der Waals surface area contributed by atoms with E-state index in [1.54, 1.807) is 12.1 Å². The zero-order chi connectivity index (χ0) is 12.3. The van der Waals surface area contributed by atoms with Gasteiger partial charge in [-0.15, -0.1) is 0 Å². The Labute approximate surface area is 101 Å². The van der Waals surface area contributed by atoms with E-state index in [1.807, 2.05) is 0 Å². The molecule has 0 saturated heterocycles. The van der Waals surface area contributed by atoms with Gasteiger partial charge in [0.15, 0.2) is 0 Å². The molecule has 0 aliphatic carbocycles. The number of nitrogens with one attached hydrogen (secondary N) is 1. The lowest BCUT2D eigenvalue weighted by Crippen LogP contribution is -2.38. The minimum atomic E-state index is -1.09. The fourth-order valence-electron chi connectivity index (χ4n) is 1.09. The van der Waals surface area contributed by atoms with Crippen LogP contribution in [-0.4, -0.2) is 23.0 Å². The number of nitrogen functional groups attached to an aromatic ring is 1. The number of carboxylic acids is 1. The molecule has 5 nitrogen and oxygen atoms in total. The highest BCUT2D eigenvalue weighted by molar-refractivity contribution is 9.10. The van der Waals surface area contributed by atoms with E-state index in [-0.39, 0.29) is 0 Å². The third kappa shape index (κ3) is 3.23. The highest BCUT2D eigenvalue weighted by Gasteiger charge is 2.15. The van der Waals surface area contributed by atoms with E-state index in [9.17, 15) is 9.59 Å². The van der Waals surface area contributed by atoms with Crippen molar-refractivity contribution in [3.63, 3.8) is 0 Å². The van der Waals surface area contributed by atoms with Crippen LogP contribution < -0.4 is 11.1 Å². The Balaban J connectivity index is 2.84. The second-order valence-electron chi connectivity index (χ2n) is 3.31. The number of benzene rings is 1. The molecule has 4 N–H and O–H groups in total. The van der Waals surface area contributed by atoms with Crippen molar-refractivity contribution in [3.05, 3.63) is 28.2 Å². The average Bonchev–Trinajstić information content (AvgIpc) is 2.15. The minimum Gasteiger partial charge on any atom is -0.480 e. The van der Waals surface area contributed by atoms with Crippen LogP contribution >= 0.6 is 15.9 Å². The quantitative estimate of drug-likeness (QED) is 0.729. The number of nitrogens with two attached hydrogens (primary N) is 1. The molecular weight excluding hydrogens is 276 g/mol. The lowest BCUT2D eigenvalue weighted by Gasteiger charge is -2.09. The molecule has 0 spiro atoms. The summed E-state index contributed by atoms with van der Waals surface area (Å²) < 4.78 is 0.667. The third-order valence-electron chi connectivity index (χ3n) is 1.90. The smallest absolute Gasteiger partial charge is 0.325 e. The molecule has 1 atom stereocenters. The number of hydrogen-bond acceptors (Lipinski definition) is 3. The summed E-state index contributed by atoms with van der Waals surface area (Å²) in [4.78, 5) is 22.2. The SMILES string of the molecule is C[C@H](NC(=O)c1cc(N)cc(Br)c1)C(=O)O. The van der Waals surface area contributed by atoms with E-state index in [0.29, 0.717) is 15.7 Å². The molecule has 0 saturated carbocycles. The molecule has 0 aliphatic heterocycles. The molecular formula is C10H11BrN2O3. The predicted octanol–water partition coefficient (Wildman–Crippen LogP) is 1.23. The molecule has 1 aromatic rings. The van der Waals surface area contributed by atoms with Crippen molar-refractivity contribution in [2.45, 2.75) is 13.0 Å². The zero-order valence-corrected chi connectivity index (χ0v) is 10.1. The van der Waals surface area contributed by atoms with Gasteiger partial charge in [0.1, 0.15) is 6.04 Å². The van der Waals surface area contributed by atoms with Crippen molar-refractivity contribution in [3.8, 4) is 0 Å². The Morgan fingerprint density at radius 1 is 1.44 bits per heavy atom. The molecule has 0 heterocycles. The van der Waals surface area contributed by atoms with Gasteiger partial charge in [-0.25, -0.2) is 0 Å². The van der Waals surface area contributed by atoms with Crippen LogP contribution in [0.4, 0.5) is 5.69 Å². The van der Waals surface area contributed by atoms with Gasteiger partial charge in [0.2, 0.25) is 0 Å². The van der Waals surface area contributed by atoms with Crippen molar-refractivity contribution in [2.75, 3.05) is 5.73 Å². The summed E-state index contributed by atoms with van der Waals surface area (Å²) in [6.07, 6.45) is 0. The first-order valence-corrected chi connectivity index (χ1v) is 5.29. The first-order valence-electron chi connectivity index (χ1n) is 4.50. The van der Waals surface area contributed by atoms with Crippen molar-refractivity contribution in [1.29, 1.82) is 0 Å². The Bertz CT molecular complexity index is 414. The Morgan fingerprint density at radius 3 is 2.56 bits per heavy atom. The van der Waals surface area contributed by atoms with Crippen molar-refractivity contribution in [2.24, 2.45) is 0 Å². The van der Waals surface area contributed by atoms with Gasteiger partial charge >= 0.3 is 5.97 Å². The highest BCUT2D eigenvalue weighted by atomic mass is 79.9. The molecule has 1 aromatic carbocycles. The molecule has 0 fully saturated rings. The van der Waals surface area contributed by atoms with Gasteiger partial charge in [-0.3, -0.25) is 9.59 Å². The van der Waals surface area contributed by atoms with Crippen LogP contribution in [0.15, 0.2) is 22.7 Å². The van der Waals surface area contributed by atoms with Gasteiger partial charge < -0.3 is 16.2 Å². The number of carbonyl (C=O) groups excluding carboxylic acids is 1. The number of carboxylic acid groups (broad SMARTS) is 1. The van der Waals surface area contributed by atoms with Crippen molar-refractivity contribution < 1.29 is 14.7 Å². The zero-order valence-electron chi connectivity index (χ0n) is 8.53. The van der Waals surface area contributed by atoms with Gasteiger partial charge in [-0.1, -0.05) is 15.9 Å². The normalized spacial score (nSPS) is 11.9. The van der Waals surface area contributed by atoms with Gasteiger partial charge in [0, 0.05) is 15.7 Å². The molecule has 0 radical (unpaired) electrons. The molecule has 0 unspecified atom stereocenters. The Kier molecular flexibility index (Phi) is 3.89. The van der Waals surface area contributed by atoms with Gasteiger partial charge in [0.25, 0.3) is 5.91 Å². The van der Waals surface area contributed by atoms with Crippen LogP contribution in [0, 0.1) is 0 Å². The van der Waals surface area contributed by atoms with Crippen LogP contribution in [0.1, 0.15) is 17.3 Å². The Hall–Kier alpha value is -1.56. The maximum absolute atomic E-state index is 11.6. The predicted molar refractivity (Wildman–Crippen MR) is 63.1 cm³/mol. The molecule has 16 heavy (non-hydrogen) atoms. The molecule has 6 heteroatoms. The first kappa shape index (κ1) is 12.5. The second kappa shape index (κ2) is 4.98. The standard InChI is InChI=1S/C10H11BrN2O3/c1-5(10(15)16)13-9(14)6-2-7(11)4-8(12)3-6/h2-5H,12H2,1H3,(H,13,14)(H,15,16)/t5-/m0/s1. The van der Waals surface area contributed by atoms with Crippen molar-refractivity contribution >= 4 is 33.5 Å². The maximum Gasteiger partial charge on any atom is 0.325 e. The monoisotopic (exact) mass is 286 g/mol. The molecule has 86 valence electrons. The van der Waals surface area contributed by atoms with Crippen LogP contribution in [0.2, 0.25) is 0 Å². The second-order valence-corrected chi connectivity index (χ2v) is 4.22. The van der Waals surface area contributed by atoms with Crippen LogP contribution in [0.5, 0.6) is 0 Å². The van der Waals surface area contributed by atoms with Crippen LogP contribution in [0.3, 0.4) is 0 Å². The van der Waals surface area contributed by atoms with Gasteiger partial charge in [0.05, 0.1) is 0 Å². The summed E-state index contributed by atoms with van der Waals surface area (Å²) >= 11 is 3.20. The topological polar surface area (TPSA) is 92.4 Å². The summed E-state index contributed by atoms with van der Waals surface area (Å²) in [5, 5.41) is 11.0. The summed E-state index contributed by atoms with van der Waals surface area (Å²) in [5.74, 6) is -1.56. The van der Waals surface area contributed by atoms with Crippen molar-refractivity contribution in [1.82, 2.24) is 5.32 Å². The third-order valence-corrected chi connectivity index (χ3v) is 2.36. The number of anilines is 1. The van der Waals surface area contributed by atoms with E-state index >= 15 is 0 Å². The largest absolute Gasteiger partial charge is 0.480 e. The highest BCUT2D eigenvalue weighted by Crippen LogP contribution is 2.17. The lowest BCUT2D eigenvalue weighted by molar-refractivity contribution is -0.138. The molecule has 1 rings (SSSR count). The summed E-state index contributed by atoms with van der Waals surface area (Å²) in [6, 6.07) is 3.76. The van der Waals surface area contributed by atoms with Crippen LogP contribution in [0.25, 0.3) is 0 Å². The minimum absolute atomic E-state index is 0.319.